The molecule has 0 amide bonds. The first-order valence-electron chi connectivity index (χ1n) is 23.0. The molecule has 1 nitrogen and oxygen atoms in total. The third-order valence-electron chi connectivity index (χ3n) is 13.7. The first-order chi connectivity index (χ1) is 32.6. The van der Waals surface area contributed by atoms with E-state index in [1.165, 1.54) is 101 Å². The molecule has 0 radical (unpaired) electrons. The standard InChI is InChI=1S/C63H47NS2/c1-42(63(50-26-24-46(25-27-50)44-12-4-2-5-13-44)51-32-38-61-57(40-51)55-16-8-10-18-59(55)65-61)43-20-22-47(23-21-43)49-30-35-53(36-31-49)64(52-33-28-48(29-34-52)45-14-6-3-7-15-45)54-37-39-62-58(41-54)56-17-9-11-19-60(56)66-62/h2-36,38-42,54,63H,37H2,1H3. The van der Waals surface area contributed by atoms with Crippen molar-refractivity contribution in [1.29, 1.82) is 0 Å². The number of thiophene rings is 2. The number of rotatable bonds is 10. The Kier molecular flexibility index (Phi) is 10.5. The van der Waals surface area contributed by atoms with Gasteiger partial charge in [-0.15, -0.1) is 22.7 Å². The molecular formula is C63H47NS2. The summed E-state index contributed by atoms with van der Waals surface area (Å²) in [6, 6.07) is 83.3. The van der Waals surface area contributed by atoms with Crippen molar-refractivity contribution in [2.24, 2.45) is 0 Å². The lowest BCUT2D eigenvalue weighted by atomic mass is 9.77. The SMILES string of the molecule is CC(c1ccc(-c2ccc(N(c3ccc(-c4ccccc4)cc3)C3C=c4c(sc5ccccc45)=CC3)cc2)cc1)C(c1ccc(-c2ccccc2)cc1)c1ccc2sc3ccccc3c2c1. The van der Waals surface area contributed by atoms with E-state index in [1.54, 1.807) is 0 Å². The number of hydrogen-bond donors (Lipinski definition) is 0. The van der Waals surface area contributed by atoms with Gasteiger partial charge >= 0.3 is 0 Å². The predicted molar refractivity (Wildman–Crippen MR) is 286 cm³/mol. The quantitative estimate of drug-likeness (QED) is 0.132. The van der Waals surface area contributed by atoms with Gasteiger partial charge < -0.3 is 4.90 Å². The Labute approximate surface area is 394 Å². The van der Waals surface area contributed by atoms with Gasteiger partial charge in [-0.1, -0.05) is 195 Å². The lowest BCUT2D eigenvalue weighted by molar-refractivity contribution is 0.658. The minimum atomic E-state index is 0.173. The Balaban J connectivity index is 0.869. The van der Waals surface area contributed by atoms with Crippen molar-refractivity contribution in [2.75, 3.05) is 4.90 Å². The van der Waals surface area contributed by atoms with Crippen LogP contribution in [0, 0.1) is 0 Å². The Morgan fingerprint density at radius 1 is 0.409 bits per heavy atom. The van der Waals surface area contributed by atoms with Crippen molar-refractivity contribution >= 4 is 76.5 Å². The normalized spacial score (nSPS) is 14.3. The van der Waals surface area contributed by atoms with E-state index >= 15 is 0 Å². The predicted octanol–water partition coefficient (Wildman–Crippen LogP) is 16.4. The summed E-state index contributed by atoms with van der Waals surface area (Å²) in [6.07, 6.45) is 5.88. The van der Waals surface area contributed by atoms with Gasteiger partial charge in [-0.05, 0) is 116 Å². The smallest absolute Gasteiger partial charge is 0.0566 e. The second-order valence-corrected chi connectivity index (χ2v) is 19.8. The largest absolute Gasteiger partial charge is 0.334 e. The summed E-state index contributed by atoms with van der Waals surface area (Å²) < 4.78 is 5.41. The first kappa shape index (κ1) is 40.2. The van der Waals surface area contributed by atoms with E-state index in [2.05, 4.69) is 248 Å². The van der Waals surface area contributed by atoms with Gasteiger partial charge in [-0.3, -0.25) is 0 Å². The fourth-order valence-corrected chi connectivity index (χ4v) is 12.5. The molecule has 0 saturated heterocycles. The monoisotopic (exact) mass is 881 g/mol. The van der Waals surface area contributed by atoms with Crippen LogP contribution in [-0.2, 0) is 0 Å². The van der Waals surface area contributed by atoms with E-state index < -0.39 is 0 Å². The highest BCUT2D eigenvalue weighted by Gasteiger charge is 2.25. The van der Waals surface area contributed by atoms with E-state index in [4.69, 9.17) is 0 Å². The molecule has 2 heterocycles. The van der Waals surface area contributed by atoms with Crippen molar-refractivity contribution in [3.63, 3.8) is 0 Å². The zero-order valence-electron chi connectivity index (χ0n) is 36.7. The van der Waals surface area contributed by atoms with Crippen LogP contribution in [-0.4, -0.2) is 6.04 Å². The van der Waals surface area contributed by atoms with Crippen molar-refractivity contribution < 1.29 is 0 Å². The van der Waals surface area contributed by atoms with E-state index in [0.29, 0.717) is 0 Å². The van der Waals surface area contributed by atoms with Gasteiger partial charge in [0.1, 0.15) is 0 Å². The summed E-state index contributed by atoms with van der Waals surface area (Å²) in [7, 11) is 0. The van der Waals surface area contributed by atoms with Crippen LogP contribution in [0.4, 0.5) is 11.4 Å². The molecule has 2 aromatic heterocycles. The van der Waals surface area contributed by atoms with E-state index in [1.807, 2.05) is 22.7 Å². The van der Waals surface area contributed by atoms with E-state index in [9.17, 15) is 0 Å². The molecule has 0 spiro atoms. The molecule has 0 bridgehead atoms. The number of nitrogens with zero attached hydrogens (tertiary/aromatic N) is 1. The van der Waals surface area contributed by atoms with Gasteiger partial charge in [0.25, 0.3) is 0 Å². The summed E-state index contributed by atoms with van der Waals surface area (Å²) in [5.74, 6) is 0.408. The summed E-state index contributed by atoms with van der Waals surface area (Å²) in [6.45, 7) is 2.40. The van der Waals surface area contributed by atoms with Crippen molar-refractivity contribution in [3.05, 3.63) is 251 Å². The molecule has 1 aliphatic rings. The number of hydrogen-bond acceptors (Lipinski definition) is 3. The molecule has 316 valence electrons. The lowest BCUT2D eigenvalue weighted by Crippen LogP contribution is -2.36. The van der Waals surface area contributed by atoms with Gasteiger partial charge in [0, 0.05) is 52.1 Å². The lowest BCUT2D eigenvalue weighted by Gasteiger charge is -2.33. The van der Waals surface area contributed by atoms with E-state index in [-0.39, 0.29) is 17.9 Å². The van der Waals surface area contributed by atoms with Gasteiger partial charge in [0.15, 0.2) is 0 Å². The molecule has 3 heteroatoms. The second kappa shape index (κ2) is 17.2. The van der Waals surface area contributed by atoms with Gasteiger partial charge in [-0.2, -0.15) is 0 Å². The maximum atomic E-state index is 2.53. The molecular weight excluding hydrogens is 835 g/mol. The number of fused-ring (bicyclic) bond motifs is 6. The highest BCUT2D eigenvalue weighted by Crippen LogP contribution is 2.43. The van der Waals surface area contributed by atoms with Gasteiger partial charge in [0.05, 0.1) is 6.04 Å². The van der Waals surface area contributed by atoms with Crippen LogP contribution in [0.2, 0.25) is 0 Å². The minimum Gasteiger partial charge on any atom is -0.334 e. The molecule has 66 heavy (non-hydrogen) atoms. The third-order valence-corrected chi connectivity index (χ3v) is 16.0. The highest BCUT2D eigenvalue weighted by molar-refractivity contribution is 7.25. The van der Waals surface area contributed by atoms with Gasteiger partial charge in [0.2, 0.25) is 0 Å². The Morgan fingerprint density at radius 3 is 1.45 bits per heavy atom. The van der Waals surface area contributed by atoms with Crippen molar-refractivity contribution in [2.45, 2.75) is 31.2 Å². The Bertz CT molecular complexity index is 3610. The molecule has 1 aliphatic carbocycles. The van der Waals surface area contributed by atoms with Crippen LogP contribution in [0.15, 0.2) is 224 Å². The molecule has 3 atom stereocenters. The molecule has 0 saturated carbocycles. The summed E-state index contributed by atoms with van der Waals surface area (Å²) in [5.41, 5.74) is 13.8. The molecule has 3 unspecified atom stereocenters. The number of benzene rings is 9. The molecule has 11 aromatic rings. The van der Waals surface area contributed by atoms with Crippen LogP contribution < -0.4 is 14.7 Å². The minimum absolute atomic E-state index is 0.173. The highest BCUT2D eigenvalue weighted by atomic mass is 32.1. The van der Waals surface area contributed by atoms with Crippen LogP contribution in [0.1, 0.15) is 41.9 Å². The van der Waals surface area contributed by atoms with E-state index in [0.717, 1.165) is 6.42 Å². The maximum absolute atomic E-state index is 2.53. The first-order valence-corrected chi connectivity index (χ1v) is 24.7. The maximum Gasteiger partial charge on any atom is 0.0566 e. The van der Waals surface area contributed by atoms with Gasteiger partial charge in [-0.25, -0.2) is 0 Å². The fraction of sp³-hybridized carbons (Fsp3) is 0.0794. The summed E-state index contributed by atoms with van der Waals surface area (Å²) in [4.78, 5) is 2.53. The zero-order chi connectivity index (χ0) is 44.0. The number of anilines is 2. The Morgan fingerprint density at radius 2 is 0.864 bits per heavy atom. The average Bonchev–Trinajstić information content (AvgIpc) is 3.96. The van der Waals surface area contributed by atoms with Crippen LogP contribution in [0.5, 0.6) is 0 Å². The van der Waals surface area contributed by atoms with Crippen LogP contribution >= 0.6 is 22.7 Å². The average molecular weight is 882 g/mol. The van der Waals surface area contributed by atoms with Crippen LogP contribution in [0.3, 0.4) is 0 Å². The summed E-state index contributed by atoms with van der Waals surface area (Å²) >= 11 is 3.78. The van der Waals surface area contributed by atoms with Crippen molar-refractivity contribution in [3.8, 4) is 33.4 Å². The molecule has 0 aliphatic heterocycles. The molecule has 12 rings (SSSR count). The third kappa shape index (κ3) is 7.54. The zero-order valence-corrected chi connectivity index (χ0v) is 38.4. The van der Waals surface area contributed by atoms with Crippen LogP contribution in [0.25, 0.3) is 75.8 Å². The molecule has 0 fully saturated rings. The molecule has 0 N–H and O–H groups in total. The topological polar surface area (TPSA) is 3.24 Å². The second-order valence-electron chi connectivity index (χ2n) is 17.6. The molecule has 9 aromatic carbocycles. The Hall–Kier alpha value is -7.30. The summed E-state index contributed by atoms with van der Waals surface area (Å²) in [5, 5.41) is 5.38. The fourth-order valence-electron chi connectivity index (χ4n) is 10.3. The van der Waals surface area contributed by atoms with Crippen molar-refractivity contribution in [1.82, 2.24) is 0 Å².